The van der Waals surface area contributed by atoms with Gasteiger partial charge in [-0.3, -0.25) is 4.79 Å². The first-order chi connectivity index (χ1) is 14.1. The lowest BCUT2D eigenvalue weighted by atomic mass is 10.0. The summed E-state index contributed by atoms with van der Waals surface area (Å²) in [5.74, 6) is -0.206. The molecule has 5 nitrogen and oxygen atoms in total. The van der Waals surface area contributed by atoms with Crippen molar-refractivity contribution in [2.75, 3.05) is 4.72 Å². The number of hydrogen-bond donors (Lipinski definition) is 2. The molecule has 4 rings (SSSR count). The number of aromatic amines is 1. The molecule has 3 aromatic heterocycles. The van der Waals surface area contributed by atoms with Gasteiger partial charge in [-0.1, -0.05) is 30.1 Å². The van der Waals surface area contributed by atoms with Gasteiger partial charge in [-0.25, -0.2) is 9.97 Å². The van der Waals surface area contributed by atoms with E-state index in [1.54, 1.807) is 24.5 Å². The van der Waals surface area contributed by atoms with Gasteiger partial charge in [0.1, 0.15) is 11.3 Å². The first-order valence-electron chi connectivity index (χ1n) is 8.90. The van der Waals surface area contributed by atoms with Crippen LogP contribution in [0.4, 0.5) is 5.69 Å². The number of pyridine rings is 2. The first kappa shape index (κ1) is 19.8. The van der Waals surface area contributed by atoms with Crippen LogP contribution in [0.3, 0.4) is 0 Å². The minimum Gasteiger partial charge on any atom is -0.346 e. The van der Waals surface area contributed by atoms with Gasteiger partial charge in [0.25, 0.3) is 0 Å². The van der Waals surface area contributed by atoms with E-state index in [4.69, 9.17) is 23.2 Å². The average Bonchev–Trinajstić information content (AvgIpc) is 3.21. The van der Waals surface area contributed by atoms with Crippen molar-refractivity contribution in [1.82, 2.24) is 15.0 Å². The van der Waals surface area contributed by atoms with Crippen LogP contribution in [0, 0.1) is 0 Å². The number of hydrogen-bond acceptors (Lipinski definition) is 5. The molecule has 0 amide bonds. The van der Waals surface area contributed by atoms with Gasteiger partial charge in [0.15, 0.2) is 0 Å². The molecule has 0 saturated heterocycles. The summed E-state index contributed by atoms with van der Waals surface area (Å²) in [6.07, 6.45) is 5.66. The number of benzene rings is 1. The van der Waals surface area contributed by atoms with Gasteiger partial charge in [0.05, 0.1) is 10.7 Å². The van der Waals surface area contributed by atoms with E-state index in [-0.39, 0.29) is 5.78 Å². The van der Waals surface area contributed by atoms with Gasteiger partial charge in [-0.15, -0.1) is 0 Å². The number of anilines is 1. The number of rotatable bonds is 6. The van der Waals surface area contributed by atoms with Crippen LogP contribution in [-0.2, 0) is 6.42 Å². The highest BCUT2D eigenvalue weighted by molar-refractivity contribution is 8.00. The molecule has 0 saturated carbocycles. The zero-order valence-corrected chi connectivity index (χ0v) is 17.7. The molecule has 8 heteroatoms. The van der Waals surface area contributed by atoms with Crippen LogP contribution in [0.15, 0.2) is 59.9 Å². The lowest BCUT2D eigenvalue weighted by Gasteiger charge is -2.12. The Morgan fingerprint density at radius 2 is 2.03 bits per heavy atom. The summed E-state index contributed by atoms with van der Waals surface area (Å²) in [7, 11) is 0. The number of carbonyl (C=O) groups excluding carboxylic acids is 1. The summed E-state index contributed by atoms with van der Waals surface area (Å²) < 4.78 is 3.22. The van der Waals surface area contributed by atoms with Gasteiger partial charge in [-0.05, 0) is 60.3 Å². The summed E-state index contributed by atoms with van der Waals surface area (Å²) in [6, 6.07) is 11.0. The second-order valence-corrected chi connectivity index (χ2v) is 8.01. The van der Waals surface area contributed by atoms with E-state index in [0.29, 0.717) is 27.6 Å². The van der Waals surface area contributed by atoms with Crippen LogP contribution in [0.1, 0.15) is 28.5 Å². The van der Waals surface area contributed by atoms with Gasteiger partial charge >= 0.3 is 0 Å². The molecule has 146 valence electrons. The van der Waals surface area contributed by atoms with Crippen molar-refractivity contribution in [2.24, 2.45) is 0 Å². The maximum absolute atomic E-state index is 13.2. The van der Waals surface area contributed by atoms with Crippen LogP contribution in [0.25, 0.3) is 11.0 Å². The lowest BCUT2D eigenvalue weighted by Crippen LogP contribution is -2.08. The maximum Gasteiger partial charge on any atom is 0.214 e. The summed E-state index contributed by atoms with van der Waals surface area (Å²) in [5.41, 5.74) is 3.08. The highest BCUT2D eigenvalue weighted by Crippen LogP contribution is 2.30. The van der Waals surface area contributed by atoms with Crippen molar-refractivity contribution in [3.05, 3.63) is 81.9 Å². The number of aryl methyl sites for hydroxylation is 1. The molecule has 0 spiro atoms. The first-order valence-corrected chi connectivity index (χ1v) is 10.5. The molecule has 29 heavy (non-hydrogen) atoms. The topological polar surface area (TPSA) is 70.7 Å². The van der Waals surface area contributed by atoms with Gasteiger partial charge < -0.3 is 9.71 Å². The number of fused-ring (bicyclic) bond motifs is 1. The number of halogens is 2. The van der Waals surface area contributed by atoms with Crippen LogP contribution < -0.4 is 4.72 Å². The zero-order valence-electron chi connectivity index (χ0n) is 15.4. The van der Waals surface area contributed by atoms with Gasteiger partial charge in [0.2, 0.25) is 5.78 Å². The molecule has 4 aromatic rings. The Kier molecular flexibility index (Phi) is 5.76. The smallest absolute Gasteiger partial charge is 0.214 e. The van der Waals surface area contributed by atoms with E-state index in [1.807, 2.05) is 24.3 Å². The zero-order chi connectivity index (χ0) is 20.4. The van der Waals surface area contributed by atoms with Crippen molar-refractivity contribution < 1.29 is 4.79 Å². The van der Waals surface area contributed by atoms with E-state index in [0.717, 1.165) is 27.3 Å². The lowest BCUT2D eigenvalue weighted by molar-refractivity contribution is 0.103. The van der Waals surface area contributed by atoms with E-state index >= 15 is 0 Å². The third-order valence-corrected chi connectivity index (χ3v) is 5.84. The molecule has 3 heterocycles. The summed E-state index contributed by atoms with van der Waals surface area (Å²) in [4.78, 5) is 25.8. The van der Waals surface area contributed by atoms with Gasteiger partial charge in [0, 0.05) is 39.5 Å². The highest BCUT2D eigenvalue weighted by Gasteiger charge is 2.19. The Morgan fingerprint density at radius 3 is 2.86 bits per heavy atom. The van der Waals surface area contributed by atoms with Crippen LogP contribution >= 0.6 is 35.1 Å². The summed E-state index contributed by atoms with van der Waals surface area (Å²) >= 11 is 13.7. The molecule has 0 fully saturated rings. The number of aromatic nitrogens is 3. The Balaban J connectivity index is 1.66. The monoisotopic (exact) mass is 442 g/mol. The molecule has 0 aliphatic rings. The van der Waals surface area contributed by atoms with Crippen molar-refractivity contribution in [3.63, 3.8) is 0 Å². The Morgan fingerprint density at radius 1 is 1.17 bits per heavy atom. The van der Waals surface area contributed by atoms with E-state index in [9.17, 15) is 4.79 Å². The molecule has 0 unspecified atom stereocenters. The van der Waals surface area contributed by atoms with Crippen LogP contribution in [0.2, 0.25) is 10.0 Å². The quantitative estimate of drug-likeness (QED) is 0.275. The molecular formula is C21H16Cl2N4OS. The second kappa shape index (κ2) is 8.45. The third-order valence-electron chi connectivity index (χ3n) is 4.45. The third kappa shape index (κ3) is 4.10. The molecule has 0 radical (unpaired) electrons. The maximum atomic E-state index is 13.2. The number of carbonyl (C=O) groups is 1. The predicted molar refractivity (Wildman–Crippen MR) is 119 cm³/mol. The minimum absolute atomic E-state index is 0.206. The van der Waals surface area contributed by atoms with Crippen molar-refractivity contribution in [1.29, 1.82) is 0 Å². The Hall–Kier alpha value is -2.54. The average molecular weight is 443 g/mol. The minimum atomic E-state index is -0.206. The number of nitrogens with one attached hydrogen (secondary N) is 2. The largest absolute Gasteiger partial charge is 0.346 e. The standard InChI is InChI=1S/C21H16Cl2N4OS/c1-2-12-9-14(3-4-17(12)23)29-27-18-10-13(22)11-26-19(18)20(28)15-5-7-24-21-16(15)6-8-25-21/h3-11,27H,2H2,1H3,(H,24,25). The van der Waals surface area contributed by atoms with Crippen LogP contribution in [0.5, 0.6) is 0 Å². The number of H-pyrrole nitrogens is 1. The molecular weight excluding hydrogens is 427 g/mol. The van der Waals surface area contributed by atoms with Crippen molar-refractivity contribution >= 4 is 57.7 Å². The molecule has 1 aromatic carbocycles. The van der Waals surface area contributed by atoms with E-state index in [1.165, 1.54) is 18.1 Å². The number of ketones is 1. The van der Waals surface area contributed by atoms with E-state index in [2.05, 4.69) is 26.6 Å². The highest BCUT2D eigenvalue weighted by atomic mass is 35.5. The number of nitrogens with zero attached hydrogens (tertiary/aromatic N) is 2. The molecule has 0 aliphatic heterocycles. The molecule has 0 aliphatic carbocycles. The molecule has 0 atom stereocenters. The van der Waals surface area contributed by atoms with Crippen molar-refractivity contribution in [3.8, 4) is 0 Å². The normalized spacial score (nSPS) is 11.0. The SMILES string of the molecule is CCc1cc(SNc2cc(Cl)cnc2C(=O)c2ccnc3[nH]ccc23)ccc1Cl. The summed E-state index contributed by atoms with van der Waals surface area (Å²) in [5, 5.41) is 1.93. The predicted octanol–water partition coefficient (Wildman–Crippen LogP) is 6.18. The Labute approximate surface area is 182 Å². The fraction of sp³-hybridized carbons (Fsp3) is 0.0952. The fourth-order valence-corrected chi connectivity index (χ4v) is 4.11. The van der Waals surface area contributed by atoms with E-state index < -0.39 is 0 Å². The molecule has 2 N–H and O–H groups in total. The Bertz CT molecular complexity index is 1210. The fourth-order valence-electron chi connectivity index (χ4n) is 2.98. The van der Waals surface area contributed by atoms with Crippen LogP contribution in [-0.4, -0.2) is 20.7 Å². The van der Waals surface area contributed by atoms with Gasteiger partial charge in [-0.2, -0.15) is 0 Å². The second-order valence-electron chi connectivity index (χ2n) is 6.29. The summed E-state index contributed by atoms with van der Waals surface area (Å²) in [6.45, 7) is 2.05. The van der Waals surface area contributed by atoms with Crippen molar-refractivity contribution in [2.45, 2.75) is 18.2 Å². The molecule has 0 bridgehead atoms.